The summed E-state index contributed by atoms with van der Waals surface area (Å²) in [4.78, 5) is 19.6. The smallest absolute Gasteiger partial charge is 0.344 e. The summed E-state index contributed by atoms with van der Waals surface area (Å²) in [6.45, 7) is 6.25. The maximum Gasteiger partial charge on any atom is 0.344 e. The average Bonchev–Trinajstić information content (AvgIpc) is 3.16. The maximum absolute atomic E-state index is 11.9. The first-order valence-corrected chi connectivity index (χ1v) is 12.3. The molecule has 0 aliphatic carbocycles. The first kappa shape index (κ1) is 21.2. The van der Waals surface area contributed by atoms with Gasteiger partial charge in [-0.1, -0.05) is 38.1 Å². The third-order valence-corrected chi connectivity index (χ3v) is 7.86. The van der Waals surface area contributed by atoms with E-state index in [2.05, 4.69) is 106 Å². The second-order valence-corrected chi connectivity index (χ2v) is 11.1. The second-order valence-electron chi connectivity index (χ2n) is 7.65. The number of carboxylic acid groups (broad SMARTS) is 1. The monoisotopic (exact) mass is 630 g/mol. The van der Waals surface area contributed by atoms with Crippen LogP contribution in [-0.4, -0.2) is 21.1 Å². The van der Waals surface area contributed by atoms with Gasteiger partial charge in [0.1, 0.15) is 10.4 Å². The average molecular weight is 630 g/mol. The van der Waals surface area contributed by atoms with Crippen LogP contribution in [0.1, 0.15) is 37.9 Å². The van der Waals surface area contributed by atoms with Crippen LogP contribution in [0.2, 0.25) is 0 Å². The number of hydrogen-bond acceptors (Lipinski definition) is 4. The molecule has 1 N–H and O–H groups in total. The molecule has 0 bridgehead atoms. The molecule has 2 heterocycles. The van der Waals surface area contributed by atoms with E-state index in [-0.39, 0.29) is 12.0 Å². The molecule has 0 spiro atoms. The Hall–Kier alpha value is -1.07. The summed E-state index contributed by atoms with van der Waals surface area (Å²) in [7, 11) is 0. The Labute approximate surface area is 202 Å². The van der Waals surface area contributed by atoms with Crippen LogP contribution in [0, 0.1) is 13.1 Å². The van der Waals surface area contributed by atoms with Crippen molar-refractivity contribution in [1.29, 1.82) is 0 Å². The quantitative estimate of drug-likeness (QED) is 0.408. The van der Waals surface area contributed by atoms with Crippen molar-refractivity contribution in [2.24, 2.45) is 10.9 Å². The Balaban J connectivity index is 1.92. The van der Waals surface area contributed by atoms with Gasteiger partial charge >= 0.3 is 5.97 Å². The van der Waals surface area contributed by atoms with E-state index in [1.807, 2.05) is 13.8 Å². The molecule has 2 aromatic rings. The maximum atomic E-state index is 11.9. The summed E-state index contributed by atoms with van der Waals surface area (Å²) in [6, 6.07) is 16.8. The zero-order valence-electron chi connectivity index (χ0n) is 16.2. The van der Waals surface area contributed by atoms with Gasteiger partial charge in [0.05, 0.1) is 6.04 Å². The Morgan fingerprint density at radius 2 is 1.66 bits per heavy atom. The minimum Gasteiger partial charge on any atom is -0.477 e. The lowest BCUT2D eigenvalue weighted by Crippen LogP contribution is -2.36. The highest BCUT2D eigenvalue weighted by atomic mass is 127. The zero-order chi connectivity index (χ0) is 20.9. The van der Waals surface area contributed by atoms with Crippen LogP contribution in [0.3, 0.4) is 0 Å². The van der Waals surface area contributed by atoms with Gasteiger partial charge in [0, 0.05) is 12.8 Å². The number of rotatable bonds is 4. The number of carbonyl (C=O) groups is 1. The van der Waals surface area contributed by atoms with Crippen molar-refractivity contribution >= 4 is 68.1 Å². The van der Waals surface area contributed by atoms with Crippen molar-refractivity contribution in [3.05, 3.63) is 77.4 Å². The molecular weight excluding hydrogens is 610 g/mol. The van der Waals surface area contributed by atoms with Crippen LogP contribution in [-0.2, 0) is 10.3 Å². The van der Waals surface area contributed by atoms with Gasteiger partial charge in [-0.25, -0.2) is 9.79 Å². The molecular formula is C22H20I2N2O2S. The first-order valence-electron chi connectivity index (χ1n) is 9.28. The fraction of sp³-hybridized carbons (Fsp3) is 0.273. The van der Waals surface area contributed by atoms with Gasteiger partial charge in [-0.2, -0.15) is 0 Å². The summed E-state index contributed by atoms with van der Waals surface area (Å²) in [6.07, 6.45) is 0. The van der Waals surface area contributed by atoms with Crippen molar-refractivity contribution in [1.82, 2.24) is 4.90 Å². The summed E-state index contributed by atoms with van der Waals surface area (Å²) in [5, 5.41) is 10.6. The fourth-order valence-corrected chi connectivity index (χ4v) is 6.03. The first-order chi connectivity index (χ1) is 13.7. The molecule has 29 heavy (non-hydrogen) atoms. The normalized spacial score (nSPS) is 23.6. The SMILES string of the molecule is CC(C)C1=C(C(=O)O)SC2=NC(C)(c3ccc(I)cc3)C(c3ccc(I)cc3)N21. The Bertz CT molecular complexity index is 1030. The van der Waals surface area contributed by atoms with Gasteiger partial charge in [0.25, 0.3) is 0 Å². The largest absolute Gasteiger partial charge is 0.477 e. The molecule has 4 rings (SSSR count). The molecule has 7 heteroatoms. The molecule has 0 saturated carbocycles. The second kappa shape index (κ2) is 7.88. The molecule has 2 aliphatic heterocycles. The summed E-state index contributed by atoms with van der Waals surface area (Å²) in [5.41, 5.74) is 2.60. The van der Waals surface area contributed by atoms with Gasteiger partial charge in [-0.05, 0) is 105 Å². The highest BCUT2D eigenvalue weighted by Crippen LogP contribution is 2.55. The number of amidine groups is 1. The van der Waals surface area contributed by atoms with Gasteiger partial charge in [0.2, 0.25) is 0 Å². The molecule has 2 aromatic carbocycles. The van der Waals surface area contributed by atoms with E-state index in [1.54, 1.807) is 0 Å². The number of thioether (sulfide) groups is 1. The van der Waals surface area contributed by atoms with E-state index in [4.69, 9.17) is 4.99 Å². The number of halogens is 2. The topological polar surface area (TPSA) is 52.9 Å². The molecule has 0 amide bonds. The van der Waals surface area contributed by atoms with E-state index in [1.165, 1.54) is 18.9 Å². The van der Waals surface area contributed by atoms with Crippen LogP contribution >= 0.6 is 56.9 Å². The van der Waals surface area contributed by atoms with E-state index in [0.29, 0.717) is 4.91 Å². The van der Waals surface area contributed by atoms with Crippen molar-refractivity contribution in [2.45, 2.75) is 32.4 Å². The lowest BCUT2D eigenvalue weighted by molar-refractivity contribution is -0.131. The number of hydrogen-bond donors (Lipinski definition) is 1. The molecule has 2 unspecified atom stereocenters. The van der Waals surface area contributed by atoms with E-state index < -0.39 is 11.5 Å². The van der Waals surface area contributed by atoms with Crippen molar-refractivity contribution in [3.8, 4) is 0 Å². The molecule has 2 aliphatic rings. The van der Waals surface area contributed by atoms with Gasteiger partial charge in [-0.3, -0.25) is 0 Å². The molecule has 150 valence electrons. The van der Waals surface area contributed by atoms with Crippen LogP contribution < -0.4 is 0 Å². The fourth-order valence-electron chi connectivity index (χ4n) is 4.06. The van der Waals surface area contributed by atoms with Crippen molar-refractivity contribution < 1.29 is 9.90 Å². The van der Waals surface area contributed by atoms with E-state index >= 15 is 0 Å². The molecule has 0 aromatic heterocycles. The summed E-state index contributed by atoms with van der Waals surface area (Å²) < 4.78 is 2.35. The van der Waals surface area contributed by atoms with Crippen LogP contribution in [0.15, 0.2) is 64.1 Å². The van der Waals surface area contributed by atoms with Crippen LogP contribution in [0.5, 0.6) is 0 Å². The number of aliphatic carboxylic acids is 1. The summed E-state index contributed by atoms with van der Waals surface area (Å²) >= 11 is 5.90. The Morgan fingerprint density at radius 3 is 2.17 bits per heavy atom. The van der Waals surface area contributed by atoms with E-state index in [0.717, 1.165) is 22.0 Å². The van der Waals surface area contributed by atoms with Gasteiger partial charge in [0.15, 0.2) is 5.17 Å². The number of aliphatic imine (C=N–C) groups is 1. The molecule has 2 atom stereocenters. The highest BCUT2D eigenvalue weighted by molar-refractivity contribution is 14.1. The number of carboxylic acids is 1. The third kappa shape index (κ3) is 3.63. The summed E-state index contributed by atoms with van der Waals surface area (Å²) in [5.74, 6) is -0.806. The molecule has 0 radical (unpaired) electrons. The Kier molecular flexibility index (Phi) is 5.75. The predicted molar refractivity (Wildman–Crippen MR) is 135 cm³/mol. The number of benzene rings is 2. The highest BCUT2D eigenvalue weighted by Gasteiger charge is 2.53. The van der Waals surface area contributed by atoms with Crippen molar-refractivity contribution in [2.75, 3.05) is 0 Å². The van der Waals surface area contributed by atoms with Crippen molar-refractivity contribution in [3.63, 3.8) is 0 Å². The lowest BCUT2D eigenvalue weighted by Gasteiger charge is -2.37. The van der Waals surface area contributed by atoms with Gasteiger partial charge < -0.3 is 10.0 Å². The molecule has 4 nitrogen and oxygen atoms in total. The Morgan fingerprint density at radius 1 is 1.10 bits per heavy atom. The minimum absolute atomic E-state index is 0.0757. The zero-order valence-corrected chi connectivity index (χ0v) is 21.3. The van der Waals surface area contributed by atoms with E-state index in [9.17, 15) is 9.90 Å². The minimum atomic E-state index is -0.881. The third-order valence-electron chi connectivity index (χ3n) is 5.37. The van der Waals surface area contributed by atoms with Crippen LogP contribution in [0.25, 0.3) is 0 Å². The lowest BCUT2D eigenvalue weighted by atomic mass is 9.81. The molecule has 0 fully saturated rings. The standard InChI is InChI=1S/C22H20I2N2O2S/c1-12(2)17-18(20(27)28)29-21-25-22(3,14-6-10-16(24)11-7-14)19(26(17)21)13-4-8-15(23)9-5-13/h4-12,19H,1-3H3,(H,27,28). The predicted octanol–water partition coefficient (Wildman–Crippen LogP) is 6.22. The molecule has 0 saturated heterocycles. The van der Waals surface area contributed by atoms with Crippen LogP contribution in [0.4, 0.5) is 0 Å². The van der Waals surface area contributed by atoms with Gasteiger partial charge in [-0.15, -0.1) is 0 Å². The number of nitrogens with zero attached hydrogens (tertiary/aromatic N) is 2. The number of allylic oxidation sites excluding steroid dienone is 1. The number of fused-ring (bicyclic) bond motifs is 1.